The van der Waals surface area contributed by atoms with E-state index in [1.165, 1.54) is 12.5 Å². The van der Waals surface area contributed by atoms with Gasteiger partial charge in [0.2, 0.25) is 5.91 Å². The number of aryl methyl sites for hydroxylation is 1. The molecule has 94 valence electrons. The first-order chi connectivity index (χ1) is 8.13. The van der Waals surface area contributed by atoms with E-state index in [0.717, 1.165) is 30.8 Å². The van der Waals surface area contributed by atoms with Crippen LogP contribution in [0.4, 0.5) is 11.4 Å². The summed E-state index contributed by atoms with van der Waals surface area (Å²) in [5.74, 6) is -0.00391. The highest BCUT2D eigenvalue weighted by Gasteiger charge is 2.00. The Kier molecular flexibility index (Phi) is 5.33. The molecule has 0 radical (unpaired) electrons. The largest absolute Gasteiger partial charge is 0.399 e. The van der Waals surface area contributed by atoms with Gasteiger partial charge in [0, 0.05) is 31.4 Å². The normalized spacial score (nSPS) is 10.0. The van der Waals surface area contributed by atoms with E-state index in [0.29, 0.717) is 6.54 Å². The van der Waals surface area contributed by atoms with Crippen molar-refractivity contribution in [1.82, 2.24) is 5.32 Å². The molecule has 17 heavy (non-hydrogen) atoms. The van der Waals surface area contributed by atoms with Gasteiger partial charge in [-0.15, -0.1) is 0 Å². The van der Waals surface area contributed by atoms with Gasteiger partial charge in [0.05, 0.1) is 0 Å². The standard InChI is InChI=1S/C13H21N3O/c1-3-4-11-9-12(5-6-13(11)14)16-8-7-15-10(2)17/h5-6,9,16H,3-4,7-8,14H2,1-2H3,(H,15,17). The van der Waals surface area contributed by atoms with Crippen molar-refractivity contribution < 1.29 is 4.79 Å². The first-order valence-electron chi connectivity index (χ1n) is 6.00. The van der Waals surface area contributed by atoms with Crippen molar-refractivity contribution in [2.45, 2.75) is 26.7 Å². The molecule has 0 heterocycles. The number of nitrogens with one attached hydrogen (secondary N) is 2. The van der Waals surface area contributed by atoms with Crippen LogP contribution in [0.5, 0.6) is 0 Å². The third kappa shape index (κ3) is 4.76. The summed E-state index contributed by atoms with van der Waals surface area (Å²) in [6, 6.07) is 5.96. The summed E-state index contributed by atoms with van der Waals surface area (Å²) in [6.45, 7) is 5.00. The summed E-state index contributed by atoms with van der Waals surface area (Å²) in [5.41, 5.74) is 8.96. The summed E-state index contributed by atoms with van der Waals surface area (Å²) in [4.78, 5) is 10.7. The highest BCUT2D eigenvalue weighted by atomic mass is 16.1. The minimum absolute atomic E-state index is 0.00391. The predicted molar refractivity (Wildman–Crippen MR) is 72.0 cm³/mol. The van der Waals surface area contributed by atoms with Gasteiger partial charge in [0.1, 0.15) is 0 Å². The van der Waals surface area contributed by atoms with Gasteiger partial charge in [-0.25, -0.2) is 0 Å². The van der Waals surface area contributed by atoms with E-state index in [1.807, 2.05) is 12.1 Å². The highest BCUT2D eigenvalue weighted by molar-refractivity contribution is 5.72. The molecule has 1 aromatic rings. The molecular formula is C13H21N3O. The lowest BCUT2D eigenvalue weighted by Crippen LogP contribution is -2.26. The lowest BCUT2D eigenvalue weighted by Gasteiger charge is -2.10. The zero-order valence-electron chi connectivity index (χ0n) is 10.5. The fourth-order valence-corrected chi connectivity index (χ4v) is 1.65. The van der Waals surface area contributed by atoms with E-state index in [4.69, 9.17) is 5.73 Å². The number of anilines is 2. The zero-order chi connectivity index (χ0) is 12.7. The third-order valence-corrected chi connectivity index (χ3v) is 2.49. The topological polar surface area (TPSA) is 67.1 Å². The van der Waals surface area contributed by atoms with E-state index in [-0.39, 0.29) is 5.91 Å². The molecule has 0 aliphatic rings. The number of nitrogen functional groups attached to an aromatic ring is 1. The summed E-state index contributed by atoms with van der Waals surface area (Å²) in [7, 11) is 0. The van der Waals surface area contributed by atoms with Crippen molar-refractivity contribution in [3.8, 4) is 0 Å². The van der Waals surface area contributed by atoms with Crippen LogP contribution in [0.15, 0.2) is 18.2 Å². The summed E-state index contributed by atoms with van der Waals surface area (Å²) in [6.07, 6.45) is 2.08. The van der Waals surface area contributed by atoms with Crippen LogP contribution in [0, 0.1) is 0 Å². The Morgan fingerprint density at radius 1 is 1.35 bits per heavy atom. The molecule has 1 aromatic carbocycles. The van der Waals surface area contributed by atoms with Crippen LogP contribution in [-0.4, -0.2) is 19.0 Å². The molecule has 0 unspecified atom stereocenters. The number of hydrogen-bond donors (Lipinski definition) is 3. The molecule has 0 aromatic heterocycles. The van der Waals surface area contributed by atoms with Crippen molar-refractivity contribution >= 4 is 17.3 Å². The fourth-order valence-electron chi connectivity index (χ4n) is 1.65. The Morgan fingerprint density at radius 3 is 2.76 bits per heavy atom. The Morgan fingerprint density at radius 2 is 2.12 bits per heavy atom. The number of carbonyl (C=O) groups is 1. The Labute approximate surface area is 103 Å². The van der Waals surface area contributed by atoms with Crippen molar-refractivity contribution in [3.05, 3.63) is 23.8 Å². The molecule has 4 N–H and O–H groups in total. The minimum atomic E-state index is -0.00391. The van der Waals surface area contributed by atoms with Gasteiger partial charge in [-0.3, -0.25) is 4.79 Å². The van der Waals surface area contributed by atoms with Crippen molar-refractivity contribution in [2.24, 2.45) is 0 Å². The first kappa shape index (κ1) is 13.4. The van der Waals surface area contributed by atoms with E-state index >= 15 is 0 Å². The first-order valence-corrected chi connectivity index (χ1v) is 6.00. The van der Waals surface area contributed by atoms with Crippen LogP contribution in [0.25, 0.3) is 0 Å². The molecule has 0 atom stereocenters. The van der Waals surface area contributed by atoms with Crippen LogP contribution < -0.4 is 16.4 Å². The molecule has 0 aliphatic heterocycles. The Hall–Kier alpha value is -1.71. The predicted octanol–water partition coefficient (Wildman–Crippen LogP) is 1.77. The van der Waals surface area contributed by atoms with E-state index in [9.17, 15) is 4.79 Å². The monoisotopic (exact) mass is 235 g/mol. The minimum Gasteiger partial charge on any atom is -0.399 e. The molecule has 0 aliphatic carbocycles. The second-order valence-electron chi connectivity index (χ2n) is 4.07. The fraction of sp³-hybridized carbons (Fsp3) is 0.462. The van der Waals surface area contributed by atoms with Crippen LogP contribution in [0.1, 0.15) is 25.8 Å². The van der Waals surface area contributed by atoms with Crippen LogP contribution in [0.3, 0.4) is 0 Å². The van der Waals surface area contributed by atoms with Crippen molar-refractivity contribution in [3.63, 3.8) is 0 Å². The number of carbonyl (C=O) groups excluding carboxylic acids is 1. The van der Waals surface area contributed by atoms with Crippen molar-refractivity contribution in [2.75, 3.05) is 24.1 Å². The lowest BCUT2D eigenvalue weighted by atomic mass is 10.1. The quantitative estimate of drug-likeness (QED) is 0.520. The van der Waals surface area contributed by atoms with Gasteiger partial charge in [-0.1, -0.05) is 13.3 Å². The SMILES string of the molecule is CCCc1cc(NCCNC(C)=O)ccc1N. The Balaban J connectivity index is 2.48. The van der Waals surface area contributed by atoms with Gasteiger partial charge in [-0.05, 0) is 30.2 Å². The summed E-state index contributed by atoms with van der Waals surface area (Å²) < 4.78 is 0. The van der Waals surface area contributed by atoms with Crippen LogP contribution >= 0.6 is 0 Å². The molecule has 4 nitrogen and oxygen atoms in total. The summed E-state index contributed by atoms with van der Waals surface area (Å²) in [5, 5.41) is 6.00. The third-order valence-electron chi connectivity index (χ3n) is 2.49. The maximum absolute atomic E-state index is 10.7. The van der Waals surface area contributed by atoms with E-state index < -0.39 is 0 Å². The lowest BCUT2D eigenvalue weighted by molar-refractivity contribution is -0.118. The van der Waals surface area contributed by atoms with Gasteiger partial charge < -0.3 is 16.4 Å². The average molecular weight is 235 g/mol. The molecule has 1 amide bonds. The zero-order valence-corrected chi connectivity index (χ0v) is 10.5. The maximum atomic E-state index is 10.7. The summed E-state index contributed by atoms with van der Waals surface area (Å²) >= 11 is 0. The Bertz CT molecular complexity index is 377. The number of nitrogens with two attached hydrogens (primary N) is 1. The second-order valence-corrected chi connectivity index (χ2v) is 4.07. The second kappa shape index (κ2) is 6.78. The van der Waals surface area contributed by atoms with Gasteiger partial charge in [0.25, 0.3) is 0 Å². The number of rotatable bonds is 6. The molecule has 0 saturated heterocycles. The molecule has 1 rings (SSSR count). The number of hydrogen-bond acceptors (Lipinski definition) is 3. The number of benzene rings is 1. The molecule has 0 spiro atoms. The van der Waals surface area contributed by atoms with E-state index in [2.05, 4.69) is 23.6 Å². The van der Waals surface area contributed by atoms with Gasteiger partial charge >= 0.3 is 0 Å². The molecule has 0 bridgehead atoms. The van der Waals surface area contributed by atoms with E-state index in [1.54, 1.807) is 0 Å². The molecule has 0 saturated carbocycles. The number of amides is 1. The molecular weight excluding hydrogens is 214 g/mol. The van der Waals surface area contributed by atoms with Gasteiger partial charge in [-0.2, -0.15) is 0 Å². The average Bonchev–Trinajstić information content (AvgIpc) is 2.28. The smallest absolute Gasteiger partial charge is 0.216 e. The van der Waals surface area contributed by atoms with Crippen LogP contribution in [0.2, 0.25) is 0 Å². The maximum Gasteiger partial charge on any atom is 0.216 e. The highest BCUT2D eigenvalue weighted by Crippen LogP contribution is 2.19. The van der Waals surface area contributed by atoms with Crippen LogP contribution in [-0.2, 0) is 11.2 Å². The van der Waals surface area contributed by atoms with Crippen molar-refractivity contribution in [1.29, 1.82) is 0 Å². The van der Waals surface area contributed by atoms with Gasteiger partial charge in [0.15, 0.2) is 0 Å². The molecule has 4 heteroatoms. The molecule has 0 fully saturated rings.